The maximum absolute atomic E-state index is 11.9. The zero-order valence-corrected chi connectivity index (χ0v) is 12.3. The number of anilines is 1. The van der Waals surface area contributed by atoms with Crippen LogP contribution in [0.5, 0.6) is 0 Å². The molecule has 2 aromatic rings. The molecule has 4 heteroatoms. The number of methoxy groups -OCH3 is 1. The molecule has 110 valence electrons. The fourth-order valence-corrected chi connectivity index (χ4v) is 2.08. The standard InChI is InChI=1S/C17H19NO3/c1-12-11-14(17(19)21-10-9-20-2)5-8-16(12)13-3-6-15(18)7-4-13/h3-8,11H,9-10,18H2,1-2H3. The van der Waals surface area contributed by atoms with E-state index in [0.717, 1.165) is 22.4 Å². The summed E-state index contributed by atoms with van der Waals surface area (Å²) in [6.45, 7) is 2.62. The molecule has 0 aliphatic heterocycles. The molecule has 0 radical (unpaired) electrons. The van der Waals surface area contributed by atoms with Gasteiger partial charge in [0.2, 0.25) is 0 Å². The first-order valence-corrected chi connectivity index (χ1v) is 6.74. The Labute approximate surface area is 124 Å². The first kappa shape index (κ1) is 15.1. The monoisotopic (exact) mass is 285 g/mol. The SMILES string of the molecule is COCCOC(=O)c1ccc(-c2ccc(N)cc2)c(C)c1. The quantitative estimate of drug-likeness (QED) is 0.521. The van der Waals surface area contributed by atoms with E-state index in [-0.39, 0.29) is 12.6 Å². The summed E-state index contributed by atoms with van der Waals surface area (Å²) in [6.07, 6.45) is 0. The van der Waals surface area contributed by atoms with E-state index >= 15 is 0 Å². The third-order valence-electron chi connectivity index (χ3n) is 3.20. The van der Waals surface area contributed by atoms with Gasteiger partial charge in [-0.25, -0.2) is 4.79 Å². The summed E-state index contributed by atoms with van der Waals surface area (Å²) in [5, 5.41) is 0. The zero-order chi connectivity index (χ0) is 15.2. The summed E-state index contributed by atoms with van der Waals surface area (Å²) in [5.74, 6) is -0.334. The van der Waals surface area contributed by atoms with Crippen molar-refractivity contribution in [1.29, 1.82) is 0 Å². The highest BCUT2D eigenvalue weighted by Crippen LogP contribution is 2.25. The van der Waals surface area contributed by atoms with E-state index < -0.39 is 0 Å². The minimum absolute atomic E-state index is 0.258. The second-order valence-electron chi connectivity index (χ2n) is 4.78. The molecular weight excluding hydrogens is 266 g/mol. The van der Waals surface area contributed by atoms with Crippen molar-refractivity contribution < 1.29 is 14.3 Å². The lowest BCUT2D eigenvalue weighted by Gasteiger charge is -2.09. The van der Waals surface area contributed by atoms with Gasteiger partial charge in [0, 0.05) is 12.8 Å². The molecule has 0 heterocycles. The number of rotatable bonds is 5. The van der Waals surface area contributed by atoms with Gasteiger partial charge in [-0.3, -0.25) is 0 Å². The Morgan fingerprint density at radius 2 is 1.81 bits per heavy atom. The molecule has 4 nitrogen and oxygen atoms in total. The van der Waals surface area contributed by atoms with Crippen LogP contribution in [0.3, 0.4) is 0 Å². The van der Waals surface area contributed by atoms with Crippen LogP contribution in [0.1, 0.15) is 15.9 Å². The third-order valence-corrected chi connectivity index (χ3v) is 3.20. The highest BCUT2D eigenvalue weighted by molar-refractivity contribution is 5.90. The number of esters is 1. The number of hydrogen-bond donors (Lipinski definition) is 1. The summed E-state index contributed by atoms with van der Waals surface area (Å²) >= 11 is 0. The third kappa shape index (κ3) is 3.83. The van der Waals surface area contributed by atoms with Gasteiger partial charge in [-0.05, 0) is 47.9 Å². The van der Waals surface area contributed by atoms with Crippen LogP contribution in [0.15, 0.2) is 42.5 Å². The zero-order valence-electron chi connectivity index (χ0n) is 12.3. The number of benzene rings is 2. The highest BCUT2D eigenvalue weighted by Gasteiger charge is 2.10. The van der Waals surface area contributed by atoms with Gasteiger partial charge in [-0.15, -0.1) is 0 Å². The van der Waals surface area contributed by atoms with Crippen LogP contribution in [0.25, 0.3) is 11.1 Å². The molecule has 0 saturated heterocycles. The Morgan fingerprint density at radius 1 is 1.10 bits per heavy atom. The largest absolute Gasteiger partial charge is 0.460 e. The first-order valence-electron chi connectivity index (χ1n) is 6.74. The molecular formula is C17H19NO3. The smallest absolute Gasteiger partial charge is 0.338 e. The van der Waals surface area contributed by atoms with Gasteiger partial charge in [0.25, 0.3) is 0 Å². The van der Waals surface area contributed by atoms with E-state index in [9.17, 15) is 4.79 Å². The molecule has 0 amide bonds. The summed E-state index contributed by atoms with van der Waals surface area (Å²) in [7, 11) is 1.57. The molecule has 0 fully saturated rings. The van der Waals surface area contributed by atoms with Gasteiger partial charge in [0.1, 0.15) is 6.61 Å². The minimum Gasteiger partial charge on any atom is -0.460 e. The summed E-state index contributed by atoms with van der Waals surface area (Å²) in [4.78, 5) is 11.9. The number of ether oxygens (including phenoxy) is 2. The Hall–Kier alpha value is -2.33. The van der Waals surface area contributed by atoms with Gasteiger partial charge in [-0.2, -0.15) is 0 Å². The Kier molecular flexibility index (Phi) is 4.95. The van der Waals surface area contributed by atoms with Crippen molar-refractivity contribution in [1.82, 2.24) is 0 Å². The molecule has 0 aliphatic carbocycles. The number of aryl methyl sites for hydroxylation is 1. The molecule has 0 spiro atoms. The molecule has 2 rings (SSSR count). The predicted octanol–water partition coefficient (Wildman–Crippen LogP) is 3.05. The molecule has 0 atom stereocenters. The number of nitrogen functional groups attached to an aromatic ring is 1. The van der Waals surface area contributed by atoms with Gasteiger partial charge in [-0.1, -0.05) is 18.2 Å². The lowest BCUT2D eigenvalue weighted by Crippen LogP contribution is -2.10. The lowest BCUT2D eigenvalue weighted by atomic mass is 9.98. The van der Waals surface area contributed by atoms with Crippen molar-refractivity contribution >= 4 is 11.7 Å². The van der Waals surface area contributed by atoms with E-state index in [1.165, 1.54) is 0 Å². The molecule has 2 aromatic carbocycles. The van der Waals surface area contributed by atoms with Crippen molar-refractivity contribution in [3.63, 3.8) is 0 Å². The molecule has 0 unspecified atom stereocenters. The van der Waals surface area contributed by atoms with Crippen LogP contribution in [-0.4, -0.2) is 26.3 Å². The molecule has 2 N–H and O–H groups in total. The average Bonchev–Trinajstić information content (AvgIpc) is 2.48. The van der Waals surface area contributed by atoms with Crippen molar-refractivity contribution in [3.8, 4) is 11.1 Å². The summed E-state index contributed by atoms with van der Waals surface area (Å²) in [5.41, 5.74) is 10.1. The fraction of sp³-hybridized carbons (Fsp3) is 0.235. The molecule has 0 saturated carbocycles. The second-order valence-corrected chi connectivity index (χ2v) is 4.78. The van der Waals surface area contributed by atoms with Gasteiger partial charge in [0.15, 0.2) is 0 Å². The fourth-order valence-electron chi connectivity index (χ4n) is 2.08. The van der Waals surface area contributed by atoms with Crippen molar-refractivity contribution in [2.24, 2.45) is 0 Å². The van der Waals surface area contributed by atoms with Crippen LogP contribution < -0.4 is 5.73 Å². The van der Waals surface area contributed by atoms with E-state index in [2.05, 4.69) is 0 Å². The normalized spacial score (nSPS) is 10.4. The molecule has 0 aromatic heterocycles. The van der Waals surface area contributed by atoms with Gasteiger partial charge < -0.3 is 15.2 Å². The van der Waals surface area contributed by atoms with Crippen LogP contribution >= 0.6 is 0 Å². The second kappa shape index (κ2) is 6.90. The predicted molar refractivity (Wildman–Crippen MR) is 83.2 cm³/mol. The maximum Gasteiger partial charge on any atom is 0.338 e. The molecule has 0 aliphatic rings. The van der Waals surface area contributed by atoms with Crippen molar-refractivity contribution in [2.45, 2.75) is 6.92 Å². The van der Waals surface area contributed by atoms with Crippen LogP contribution in [0.2, 0.25) is 0 Å². The molecule has 0 bridgehead atoms. The maximum atomic E-state index is 11.9. The first-order chi connectivity index (χ1) is 10.1. The number of hydrogen-bond acceptors (Lipinski definition) is 4. The highest BCUT2D eigenvalue weighted by atomic mass is 16.6. The van der Waals surface area contributed by atoms with Gasteiger partial charge in [0.05, 0.1) is 12.2 Å². The van der Waals surface area contributed by atoms with E-state index in [0.29, 0.717) is 12.2 Å². The number of carbonyl (C=O) groups is 1. The summed E-state index contributed by atoms with van der Waals surface area (Å²) in [6, 6.07) is 13.2. The Morgan fingerprint density at radius 3 is 2.43 bits per heavy atom. The topological polar surface area (TPSA) is 61.5 Å². The molecule has 21 heavy (non-hydrogen) atoms. The number of carbonyl (C=O) groups excluding carboxylic acids is 1. The van der Waals surface area contributed by atoms with Crippen LogP contribution in [0.4, 0.5) is 5.69 Å². The summed E-state index contributed by atoms with van der Waals surface area (Å²) < 4.78 is 9.96. The lowest BCUT2D eigenvalue weighted by molar-refractivity contribution is 0.0388. The number of nitrogens with two attached hydrogens (primary N) is 1. The minimum atomic E-state index is -0.334. The van der Waals surface area contributed by atoms with Crippen molar-refractivity contribution in [2.75, 3.05) is 26.1 Å². The van der Waals surface area contributed by atoms with Gasteiger partial charge >= 0.3 is 5.97 Å². The van der Waals surface area contributed by atoms with E-state index in [1.54, 1.807) is 13.2 Å². The van der Waals surface area contributed by atoms with Crippen LogP contribution in [0, 0.1) is 6.92 Å². The van der Waals surface area contributed by atoms with E-state index in [1.807, 2.05) is 43.3 Å². The van der Waals surface area contributed by atoms with Crippen molar-refractivity contribution in [3.05, 3.63) is 53.6 Å². The average molecular weight is 285 g/mol. The van der Waals surface area contributed by atoms with E-state index in [4.69, 9.17) is 15.2 Å². The Balaban J connectivity index is 2.17. The Bertz CT molecular complexity index is 620. The van der Waals surface area contributed by atoms with Crippen LogP contribution in [-0.2, 0) is 9.47 Å².